The number of carbonyl (C=O) groups excluding carboxylic acids is 1. The molecule has 0 aromatic heterocycles. The minimum atomic E-state index is -3.68. The van der Waals surface area contributed by atoms with Crippen molar-refractivity contribution in [1.82, 2.24) is 9.62 Å². The molecule has 1 aliphatic rings. The van der Waals surface area contributed by atoms with Crippen molar-refractivity contribution in [2.24, 2.45) is 5.92 Å². The number of amides is 1. The third-order valence-corrected chi connectivity index (χ3v) is 7.31. The summed E-state index contributed by atoms with van der Waals surface area (Å²) in [6.45, 7) is 0.974. The number of rotatable bonds is 8. The van der Waals surface area contributed by atoms with Crippen molar-refractivity contribution in [2.45, 2.75) is 24.3 Å². The summed E-state index contributed by atoms with van der Waals surface area (Å²) in [4.78, 5) is 12.7. The summed E-state index contributed by atoms with van der Waals surface area (Å²) in [5, 5.41) is 2.94. The first kappa shape index (κ1) is 22.9. The maximum atomic E-state index is 13.0. The fourth-order valence-corrected chi connectivity index (χ4v) is 5.09. The lowest BCUT2D eigenvalue weighted by atomic mass is 9.97. The molecule has 0 aliphatic carbocycles. The Hall–Kier alpha value is -2.78. The number of piperidine rings is 1. The van der Waals surface area contributed by atoms with Crippen LogP contribution in [0.25, 0.3) is 0 Å². The maximum Gasteiger partial charge on any atom is 0.243 e. The highest BCUT2D eigenvalue weighted by Crippen LogP contribution is 2.32. The van der Waals surface area contributed by atoms with Gasteiger partial charge in [0.1, 0.15) is 5.75 Å². The molecule has 2 aromatic rings. The van der Waals surface area contributed by atoms with E-state index in [0.717, 1.165) is 11.3 Å². The molecule has 0 saturated carbocycles. The Kier molecular flexibility index (Phi) is 7.40. The summed E-state index contributed by atoms with van der Waals surface area (Å²) in [5.41, 5.74) is 0.946. The van der Waals surface area contributed by atoms with Crippen LogP contribution in [-0.2, 0) is 21.4 Å². The number of benzene rings is 2. The van der Waals surface area contributed by atoms with Gasteiger partial charge in [-0.05, 0) is 42.7 Å². The van der Waals surface area contributed by atoms with Gasteiger partial charge in [0, 0.05) is 31.6 Å². The molecule has 0 unspecified atom stereocenters. The zero-order valence-corrected chi connectivity index (χ0v) is 18.8. The lowest BCUT2D eigenvalue weighted by Gasteiger charge is -2.30. The maximum absolute atomic E-state index is 13.0. The Morgan fingerprint density at radius 3 is 2.35 bits per heavy atom. The van der Waals surface area contributed by atoms with Crippen molar-refractivity contribution in [3.63, 3.8) is 0 Å². The van der Waals surface area contributed by atoms with Crippen LogP contribution in [0.3, 0.4) is 0 Å². The predicted molar refractivity (Wildman–Crippen MR) is 116 cm³/mol. The summed E-state index contributed by atoms with van der Waals surface area (Å²) in [5.74, 6) is 1.28. The molecule has 1 N–H and O–H groups in total. The third kappa shape index (κ3) is 5.29. The summed E-state index contributed by atoms with van der Waals surface area (Å²) in [7, 11) is 0.878. The average molecular weight is 449 g/mol. The highest BCUT2D eigenvalue weighted by molar-refractivity contribution is 7.89. The first-order valence-corrected chi connectivity index (χ1v) is 11.5. The van der Waals surface area contributed by atoms with Crippen LogP contribution in [-0.4, -0.2) is 53.0 Å². The molecule has 1 aliphatic heterocycles. The minimum absolute atomic E-state index is 0.0639. The number of carbonyl (C=O) groups is 1. The standard InChI is InChI=1S/C22H28N2O6S/c1-28-18-6-4-5-16(13-18)15-23-22(25)17-9-11-24(12-10-17)31(26,27)19-7-8-20(29-2)21(14-19)30-3/h4-8,13-14,17H,9-12,15H2,1-3H3,(H,23,25). The van der Waals surface area contributed by atoms with Gasteiger partial charge in [-0.2, -0.15) is 4.31 Å². The molecule has 1 amide bonds. The van der Waals surface area contributed by atoms with E-state index in [1.54, 1.807) is 13.2 Å². The normalized spacial score (nSPS) is 15.3. The van der Waals surface area contributed by atoms with Gasteiger partial charge in [0.25, 0.3) is 0 Å². The van der Waals surface area contributed by atoms with Crippen LogP contribution in [0, 0.1) is 5.92 Å². The van der Waals surface area contributed by atoms with Crippen molar-refractivity contribution >= 4 is 15.9 Å². The van der Waals surface area contributed by atoms with Crippen molar-refractivity contribution in [2.75, 3.05) is 34.4 Å². The van der Waals surface area contributed by atoms with Gasteiger partial charge in [-0.3, -0.25) is 4.79 Å². The van der Waals surface area contributed by atoms with Gasteiger partial charge in [0.2, 0.25) is 15.9 Å². The van der Waals surface area contributed by atoms with E-state index < -0.39 is 10.0 Å². The number of sulfonamides is 1. The van der Waals surface area contributed by atoms with Crippen LogP contribution < -0.4 is 19.5 Å². The number of nitrogens with one attached hydrogen (secondary N) is 1. The van der Waals surface area contributed by atoms with Crippen LogP contribution in [0.4, 0.5) is 0 Å². The van der Waals surface area contributed by atoms with Gasteiger partial charge < -0.3 is 19.5 Å². The van der Waals surface area contributed by atoms with Crippen molar-refractivity contribution in [3.05, 3.63) is 48.0 Å². The topological polar surface area (TPSA) is 94.2 Å². The molecule has 8 nitrogen and oxygen atoms in total. The van der Waals surface area contributed by atoms with Gasteiger partial charge >= 0.3 is 0 Å². The van der Waals surface area contributed by atoms with Crippen molar-refractivity contribution in [1.29, 1.82) is 0 Å². The van der Waals surface area contributed by atoms with Crippen LogP contribution in [0.5, 0.6) is 17.2 Å². The second-order valence-electron chi connectivity index (χ2n) is 7.26. The minimum Gasteiger partial charge on any atom is -0.497 e. The monoisotopic (exact) mass is 448 g/mol. The molecule has 31 heavy (non-hydrogen) atoms. The van der Waals surface area contributed by atoms with Crippen LogP contribution >= 0.6 is 0 Å². The zero-order chi connectivity index (χ0) is 22.4. The van der Waals surface area contributed by atoms with Crippen LogP contribution in [0.15, 0.2) is 47.4 Å². The quantitative estimate of drug-likeness (QED) is 0.667. The van der Waals surface area contributed by atoms with E-state index in [0.29, 0.717) is 30.9 Å². The van der Waals surface area contributed by atoms with E-state index in [2.05, 4.69) is 5.32 Å². The Balaban J connectivity index is 1.58. The molecule has 0 spiro atoms. The molecule has 9 heteroatoms. The molecule has 0 atom stereocenters. The lowest BCUT2D eigenvalue weighted by molar-refractivity contribution is -0.126. The lowest BCUT2D eigenvalue weighted by Crippen LogP contribution is -2.42. The number of methoxy groups -OCH3 is 3. The van der Waals surface area contributed by atoms with E-state index in [9.17, 15) is 13.2 Å². The third-order valence-electron chi connectivity index (χ3n) is 5.42. The smallest absolute Gasteiger partial charge is 0.243 e. The molecule has 3 rings (SSSR count). The fraction of sp³-hybridized carbons (Fsp3) is 0.409. The Morgan fingerprint density at radius 1 is 1.00 bits per heavy atom. The zero-order valence-electron chi connectivity index (χ0n) is 18.0. The second-order valence-corrected chi connectivity index (χ2v) is 9.20. The van der Waals surface area contributed by atoms with Crippen molar-refractivity contribution in [3.8, 4) is 17.2 Å². The molecule has 1 saturated heterocycles. The Bertz CT molecular complexity index is 1020. The van der Waals surface area contributed by atoms with Gasteiger partial charge in [-0.15, -0.1) is 0 Å². The van der Waals surface area contributed by atoms with E-state index in [1.807, 2.05) is 24.3 Å². The van der Waals surface area contributed by atoms with Gasteiger partial charge in [0.15, 0.2) is 11.5 Å². The second kappa shape index (κ2) is 10.0. The van der Waals surface area contributed by atoms with Gasteiger partial charge in [-0.1, -0.05) is 12.1 Å². The van der Waals surface area contributed by atoms with E-state index in [-0.39, 0.29) is 29.8 Å². The van der Waals surface area contributed by atoms with E-state index in [4.69, 9.17) is 14.2 Å². The molecular weight excluding hydrogens is 420 g/mol. The highest BCUT2D eigenvalue weighted by atomic mass is 32.2. The molecule has 1 fully saturated rings. The average Bonchev–Trinajstić information content (AvgIpc) is 2.82. The summed E-state index contributed by atoms with van der Waals surface area (Å²) in [6, 6.07) is 12.0. The fourth-order valence-electron chi connectivity index (χ4n) is 3.60. The SMILES string of the molecule is COc1cccc(CNC(=O)C2CCN(S(=O)(=O)c3ccc(OC)c(OC)c3)CC2)c1. The summed E-state index contributed by atoms with van der Waals surface area (Å²) < 4.78 is 43.0. The van der Waals surface area contributed by atoms with Crippen LogP contribution in [0.1, 0.15) is 18.4 Å². The molecular formula is C22H28N2O6S. The number of ether oxygens (including phenoxy) is 3. The molecule has 0 bridgehead atoms. The molecule has 1 heterocycles. The number of hydrogen-bond donors (Lipinski definition) is 1. The predicted octanol–water partition coefficient (Wildman–Crippen LogP) is 2.43. The van der Waals surface area contributed by atoms with Crippen molar-refractivity contribution < 1.29 is 27.4 Å². The molecule has 2 aromatic carbocycles. The number of hydrogen-bond acceptors (Lipinski definition) is 6. The largest absolute Gasteiger partial charge is 0.497 e. The Morgan fingerprint density at radius 2 is 1.71 bits per heavy atom. The van der Waals surface area contributed by atoms with Crippen LogP contribution in [0.2, 0.25) is 0 Å². The summed E-state index contributed by atoms with van der Waals surface area (Å²) in [6.07, 6.45) is 0.937. The Labute approximate surface area is 183 Å². The number of nitrogens with zero attached hydrogens (tertiary/aromatic N) is 1. The molecule has 168 valence electrons. The van der Waals surface area contributed by atoms with E-state index in [1.165, 1.54) is 30.7 Å². The first-order valence-electron chi connectivity index (χ1n) is 10.0. The summed E-state index contributed by atoms with van der Waals surface area (Å²) >= 11 is 0. The van der Waals surface area contributed by atoms with E-state index >= 15 is 0 Å². The van der Waals surface area contributed by atoms with Gasteiger partial charge in [0.05, 0.1) is 26.2 Å². The first-order chi connectivity index (χ1) is 14.9. The molecule has 0 radical (unpaired) electrons. The van der Waals surface area contributed by atoms with Gasteiger partial charge in [-0.25, -0.2) is 8.42 Å². The highest BCUT2D eigenvalue weighted by Gasteiger charge is 2.32.